The van der Waals surface area contributed by atoms with Crippen LogP contribution in [0.25, 0.3) is 17.4 Å². The monoisotopic (exact) mass is 344 g/mol. The summed E-state index contributed by atoms with van der Waals surface area (Å²) in [4.78, 5) is 23.3. The average molecular weight is 344 g/mol. The molecule has 1 aliphatic heterocycles. The number of rotatable bonds is 3. The predicted molar refractivity (Wildman–Crippen MR) is 94.8 cm³/mol. The maximum Gasteiger partial charge on any atom is 0.263 e. The van der Waals surface area contributed by atoms with E-state index < -0.39 is 0 Å². The lowest BCUT2D eigenvalue weighted by Gasteiger charge is -2.03. The smallest absolute Gasteiger partial charge is 0.263 e. The van der Waals surface area contributed by atoms with Crippen molar-refractivity contribution in [2.24, 2.45) is 0 Å². The second kappa shape index (κ2) is 6.39. The van der Waals surface area contributed by atoms with E-state index in [2.05, 4.69) is 10.6 Å². The molecule has 5 nitrogen and oxygen atoms in total. The van der Waals surface area contributed by atoms with Crippen LogP contribution in [-0.2, 0) is 9.59 Å². The van der Waals surface area contributed by atoms with Crippen LogP contribution in [0.1, 0.15) is 12.7 Å². The Morgan fingerprint density at radius 2 is 2.17 bits per heavy atom. The van der Waals surface area contributed by atoms with Gasteiger partial charge in [-0.05, 0) is 24.3 Å². The third kappa shape index (κ3) is 3.69. The Labute approximate surface area is 142 Å². The van der Waals surface area contributed by atoms with Crippen LogP contribution in [0.4, 0.5) is 5.69 Å². The molecular formula is C16H12N2O3S2. The standard InChI is InChI=1S/C16H12N2O3S2/c1-9(19)17-11-4-2-3-10(7-11)13-6-5-12(21-13)8-14-15(20)18-16(22)23-14/h2-8H,1H3,(H,17,19)(H,18,20,22). The van der Waals surface area contributed by atoms with E-state index in [1.165, 1.54) is 18.7 Å². The fraction of sp³-hybridized carbons (Fsp3) is 0.0625. The van der Waals surface area contributed by atoms with Gasteiger partial charge < -0.3 is 15.1 Å². The number of thioether (sulfide) groups is 1. The van der Waals surface area contributed by atoms with Crippen molar-refractivity contribution in [3.63, 3.8) is 0 Å². The molecule has 0 saturated carbocycles. The Kier molecular flexibility index (Phi) is 4.31. The highest BCUT2D eigenvalue weighted by molar-refractivity contribution is 8.26. The van der Waals surface area contributed by atoms with Gasteiger partial charge in [0.2, 0.25) is 5.91 Å². The zero-order chi connectivity index (χ0) is 16.4. The number of hydrogen-bond acceptors (Lipinski definition) is 5. The molecule has 0 aliphatic carbocycles. The number of thiocarbonyl (C=S) groups is 1. The SMILES string of the molecule is CC(=O)Nc1cccc(-c2ccc(C=C3SC(=S)NC3=O)o2)c1. The van der Waals surface area contributed by atoms with Crippen molar-refractivity contribution in [3.8, 4) is 11.3 Å². The van der Waals surface area contributed by atoms with E-state index in [1.807, 2.05) is 24.3 Å². The molecule has 1 saturated heterocycles. The summed E-state index contributed by atoms with van der Waals surface area (Å²) in [6.07, 6.45) is 1.65. The highest BCUT2D eigenvalue weighted by atomic mass is 32.2. The van der Waals surface area contributed by atoms with Gasteiger partial charge in [0.25, 0.3) is 5.91 Å². The zero-order valence-electron chi connectivity index (χ0n) is 12.1. The molecule has 7 heteroatoms. The van der Waals surface area contributed by atoms with Crippen molar-refractivity contribution in [2.45, 2.75) is 6.92 Å². The van der Waals surface area contributed by atoms with Crippen molar-refractivity contribution in [1.29, 1.82) is 0 Å². The lowest BCUT2D eigenvalue weighted by molar-refractivity contribution is -0.115. The second-order valence-corrected chi connectivity index (χ2v) is 6.54. The molecule has 2 heterocycles. The number of hydrogen-bond donors (Lipinski definition) is 2. The summed E-state index contributed by atoms with van der Waals surface area (Å²) in [6.45, 7) is 1.46. The van der Waals surface area contributed by atoms with Gasteiger partial charge in [-0.3, -0.25) is 9.59 Å². The largest absolute Gasteiger partial charge is 0.457 e. The van der Waals surface area contributed by atoms with Crippen LogP contribution in [0, 0.1) is 0 Å². The molecular weight excluding hydrogens is 332 g/mol. The predicted octanol–water partition coefficient (Wildman–Crippen LogP) is 3.39. The van der Waals surface area contributed by atoms with Gasteiger partial charge in [0.05, 0.1) is 4.91 Å². The molecule has 2 amide bonds. The Bertz CT molecular complexity index is 839. The molecule has 0 atom stereocenters. The van der Waals surface area contributed by atoms with Gasteiger partial charge >= 0.3 is 0 Å². The fourth-order valence-corrected chi connectivity index (χ4v) is 3.11. The fourth-order valence-electron chi connectivity index (χ4n) is 2.09. The highest BCUT2D eigenvalue weighted by Gasteiger charge is 2.22. The molecule has 116 valence electrons. The van der Waals surface area contributed by atoms with Gasteiger partial charge in [-0.2, -0.15) is 0 Å². The van der Waals surface area contributed by atoms with Crippen LogP contribution < -0.4 is 10.6 Å². The summed E-state index contributed by atoms with van der Waals surface area (Å²) in [5.41, 5.74) is 1.53. The Hall–Kier alpha value is -2.38. The minimum atomic E-state index is -0.217. The van der Waals surface area contributed by atoms with Crippen molar-refractivity contribution >= 4 is 51.9 Å². The van der Waals surface area contributed by atoms with Crippen LogP contribution in [0.15, 0.2) is 45.7 Å². The number of anilines is 1. The van der Waals surface area contributed by atoms with Crippen LogP contribution in [-0.4, -0.2) is 16.1 Å². The quantitative estimate of drug-likeness (QED) is 0.660. The molecule has 0 unspecified atom stereocenters. The summed E-state index contributed by atoms with van der Waals surface area (Å²) < 4.78 is 6.19. The van der Waals surface area contributed by atoms with Gasteiger partial charge in [-0.15, -0.1) is 0 Å². The summed E-state index contributed by atoms with van der Waals surface area (Å²) in [5, 5.41) is 5.28. The summed E-state index contributed by atoms with van der Waals surface area (Å²) >= 11 is 6.15. The van der Waals surface area contributed by atoms with Crippen LogP contribution >= 0.6 is 24.0 Å². The Morgan fingerprint density at radius 1 is 1.35 bits per heavy atom. The van der Waals surface area contributed by atoms with Crippen molar-refractivity contribution in [1.82, 2.24) is 5.32 Å². The maximum atomic E-state index is 11.6. The Balaban J connectivity index is 1.85. The number of nitrogens with one attached hydrogen (secondary N) is 2. The van der Waals surface area contributed by atoms with Gasteiger partial charge in [0, 0.05) is 24.3 Å². The topological polar surface area (TPSA) is 71.3 Å². The first-order valence-electron chi connectivity index (χ1n) is 6.74. The number of carbonyl (C=O) groups excluding carboxylic acids is 2. The molecule has 1 aromatic carbocycles. The highest BCUT2D eigenvalue weighted by Crippen LogP contribution is 2.29. The minimum Gasteiger partial charge on any atom is -0.457 e. The van der Waals surface area contributed by atoms with E-state index in [1.54, 1.807) is 18.2 Å². The molecule has 0 bridgehead atoms. The van der Waals surface area contributed by atoms with Gasteiger partial charge in [-0.25, -0.2) is 0 Å². The molecule has 3 rings (SSSR count). The summed E-state index contributed by atoms with van der Waals surface area (Å²) in [7, 11) is 0. The molecule has 2 N–H and O–H groups in total. The molecule has 1 aliphatic rings. The lowest BCUT2D eigenvalue weighted by atomic mass is 10.1. The maximum absolute atomic E-state index is 11.6. The number of amides is 2. The molecule has 23 heavy (non-hydrogen) atoms. The van der Waals surface area contributed by atoms with Gasteiger partial charge in [0.1, 0.15) is 15.8 Å². The third-order valence-corrected chi connectivity index (χ3v) is 4.17. The Morgan fingerprint density at radius 3 is 2.87 bits per heavy atom. The van der Waals surface area contributed by atoms with Gasteiger partial charge in [-0.1, -0.05) is 36.1 Å². The van der Waals surface area contributed by atoms with E-state index >= 15 is 0 Å². The van der Waals surface area contributed by atoms with E-state index in [4.69, 9.17) is 16.6 Å². The minimum absolute atomic E-state index is 0.132. The summed E-state index contributed by atoms with van der Waals surface area (Å²) in [6, 6.07) is 10.9. The van der Waals surface area contributed by atoms with E-state index in [-0.39, 0.29) is 11.8 Å². The molecule has 1 fully saturated rings. The van der Waals surface area contributed by atoms with E-state index in [0.29, 0.717) is 26.4 Å². The van der Waals surface area contributed by atoms with Crippen LogP contribution in [0.3, 0.4) is 0 Å². The van der Waals surface area contributed by atoms with E-state index in [9.17, 15) is 9.59 Å². The first-order chi connectivity index (χ1) is 11.0. The number of benzene rings is 1. The second-order valence-electron chi connectivity index (χ2n) is 4.82. The first kappa shape index (κ1) is 15.5. The van der Waals surface area contributed by atoms with Crippen LogP contribution in [0.5, 0.6) is 0 Å². The molecule has 0 radical (unpaired) electrons. The van der Waals surface area contributed by atoms with Gasteiger partial charge in [0.15, 0.2) is 0 Å². The van der Waals surface area contributed by atoms with E-state index in [0.717, 1.165) is 5.56 Å². The normalized spacial score (nSPS) is 15.8. The van der Waals surface area contributed by atoms with Crippen LogP contribution in [0.2, 0.25) is 0 Å². The number of furan rings is 1. The zero-order valence-corrected chi connectivity index (χ0v) is 13.7. The third-order valence-electron chi connectivity index (χ3n) is 3.01. The first-order valence-corrected chi connectivity index (χ1v) is 7.96. The molecule has 1 aromatic heterocycles. The summed E-state index contributed by atoms with van der Waals surface area (Å²) in [5.74, 6) is 0.861. The molecule has 0 spiro atoms. The lowest BCUT2D eigenvalue weighted by Crippen LogP contribution is -2.17. The number of carbonyl (C=O) groups is 2. The van der Waals surface area contributed by atoms with Crippen molar-refractivity contribution in [2.75, 3.05) is 5.32 Å². The average Bonchev–Trinajstić information content (AvgIpc) is 3.06. The van der Waals surface area contributed by atoms with Crippen molar-refractivity contribution < 1.29 is 14.0 Å². The molecule has 2 aromatic rings. The van der Waals surface area contributed by atoms with Crippen molar-refractivity contribution in [3.05, 3.63) is 47.1 Å².